The Morgan fingerprint density at radius 3 is 2.53 bits per heavy atom. The van der Waals surface area contributed by atoms with Crippen LogP contribution in [0.1, 0.15) is 19.3 Å². The Kier molecular flexibility index (Phi) is 8.26. The second kappa shape index (κ2) is 9.59. The molecule has 0 aromatic rings. The monoisotopic (exact) mass is 258 g/mol. The van der Waals surface area contributed by atoms with E-state index in [0.29, 0.717) is 0 Å². The SMILES string of the molecule is CN=C(NCCSC)NCCN1CCCCC1. The van der Waals surface area contributed by atoms with Gasteiger partial charge in [0.1, 0.15) is 0 Å². The van der Waals surface area contributed by atoms with Crippen molar-refractivity contribution in [2.24, 2.45) is 4.99 Å². The quantitative estimate of drug-likeness (QED) is 0.424. The van der Waals surface area contributed by atoms with Crippen molar-refractivity contribution in [2.45, 2.75) is 19.3 Å². The summed E-state index contributed by atoms with van der Waals surface area (Å²) in [6, 6.07) is 0. The summed E-state index contributed by atoms with van der Waals surface area (Å²) in [4.78, 5) is 6.74. The summed E-state index contributed by atoms with van der Waals surface area (Å²) in [5.74, 6) is 2.04. The van der Waals surface area contributed by atoms with Crippen molar-refractivity contribution in [2.75, 3.05) is 51.8 Å². The van der Waals surface area contributed by atoms with Gasteiger partial charge in [0.2, 0.25) is 0 Å². The molecule has 0 amide bonds. The predicted octanol–water partition coefficient (Wildman–Crippen LogP) is 1.00. The lowest BCUT2D eigenvalue weighted by molar-refractivity contribution is 0.232. The average Bonchev–Trinajstić information content (AvgIpc) is 2.38. The Morgan fingerprint density at radius 1 is 1.18 bits per heavy atom. The topological polar surface area (TPSA) is 39.7 Å². The number of hydrogen-bond donors (Lipinski definition) is 2. The van der Waals surface area contributed by atoms with Crippen LogP contribution in [0, 0.1) is 0 Å². The zero-order chi connectivity index (χ0) is 12.3. The molecule has 0 aromatic heterocycles. The molecule has 0 atom stereocenters. The average molecular weight is 258 g/mol. The molecule has 1 fully saturated rings. The number of aliphatic imine (C=N–C) groups is 1. The zero-order valence-electron chi connectivity index (χ0n) is 11.2. The second-order valence-electron chi connectivity index (χ2n) is 4.32. The van der Waals surface area contributed by atoms with E-state index in [1.54, 1.807) is 0 Å². The van der Waals surface area contributed by atoms with E-state index < -0.39 is 0 Å². The maximum absolute atomic E-state index is 4.21. The molecular weight excluding hydrogens is 232 g/mol. The molecule has 1 aliphatic rings. The van der Waals surface area contributed by atoms with Crippen molar-refractivity contribution in [3.63, 3.8) is 0 Å². The zero-order valence-corrected chi connectivity index (χ0v) is 12.0. The van der Waals surface area contributed by atoms with E-state index in [0.717, 1.165) is 31.3 Å². The van der Waals surface area contributed by atoms with E-state index in [4.69, 9.17) is 0 Å². The molecule has 100 valence electrons. The van der Waals surface area contributed by atoms with Gasteiger partial charge in [-0.2, -0.15) is 11.8 Å². The van der Waals surface area contributed by atoms with Gasteiger partial charge in [-0.25, -0.2) is 0 Å². The molecular formula is C12H26N4S. The summed E-state index contributed by atoms with van der Waals surface area (Å²) in [5.41, 5.74) is 0. The molecule has 1 saturated heterocycles. The molecule has 1 heterocycles. The first-order valence-corrected chi connectivity index (χ1v) is 7.92. The van der Waals surface area contributed by atoms with Crippen molar-refractivity contribution in [1.29, 1.82) is 0 Å². The van der Waals surface area contributed by atoms with Crippen molar-refractivity contribution in [3.05, 3.63) is 0 Å². The highest BCUT2D eigenvalue weighted by Crippen LogP contribution is 2.07. The fourth-order valence-electron chi connectivity index (χ4n) is 2.01. The summed E-state index contributed by atoms with van der Waals surface area (Å²) in [7, 11) is 1.83. The molecule has 0 aliphatic carbocycles. The number of thioether (sulfide) groups is 1. The van der Waals surface area contributed by atoms with Gasteiger partial charge in [-0.1, -0.05) is 6.42 Å². The van der Waals surface area contributed by atoms with Crippen molar-refractivity contribution in [3.8, 4) is 0 Å². The lowest BCUT2D eigenvalue weighted by Gasteiger charge is -2.26. The van der Waals surface area contributed by atoms with Gasteiger partial charge in [0.25, 0.3) is 0 Å². The lowest BCUT2D eigenvalue weighted by Crippen LogP contribution is -2.43. The summed E-state index contributed by atoms with van der Waals surface area (Å²) in [6.07, 6.45) is 6.25. The molecule has 0 aromatic carbocycles. The third kappa shape index (κ3) is 6.78. The van der Waals surface area contributed by atoms with Gasteiger partial charge in [-0.15, -0.1) is 0 Å². The minimum Gasteiger partial charge on any atom is -0.356 e. The van der Waals surface area contributed by atoms with Crippen LogP contribution in [0.5, 0.6) is 0 Å². The molecule has 5 heteroatoms. The Hall–Kier alpha value is -0.420. The molecule has 0 radical (unpaired) electrons. The van der Waals surface area contributed by atoms with E-state index in [9.17, 15) is 0 Å². The van der Waals surface area contributed by atoms with Crippen molar-refractivity contribution in [1.82, 2.24) is 15.5 Å². The fourth-order valence-corrected chi connectivity index (χ4v) is 2.31. The number of nitrogens with zero attached hydrogens (tertiary/aromatic N) is 2. The minimum atomic E-state index is 0.927. The van der Waals surface area contributed by atoms with Gasteiger partial charge < -0.3 is 15.5 Å². The highest BCUT2D eigenvalue weighted by molar-refractivity contribution is 7.98. The van der Waals surface area contributed by atoms with E-state index in [1.165, 1.54) is 32.4 Å². The maximum atomic E-state index is 4.21. The molecule has 1 rings (SSSR count). The number of hydrogen-bond acceptors (Lipinski definition) is 3. The Bertz CT molecular complexity index is 215. The van der Waals surface area contributed by atoms with Crippen LogP contribution in [0.3, 0.4) is 0 Å². The second-order valence-corrected chi connectivity index (χ2v) is 5.31. The summed E-state index contributed by atoms with van der Waals surface area (Å²) >= 11 is 1.85. The van der Waals surface area contributed by atoms with Gasteiger partial charge >= 0.3 is 0 Å². The van der Waals surface area contributed by atoms with Crippen molar-refractivity contribution < 1.29 is 0 Å². The van der Waals surface area contributed by atoms with Gasteiger partial charge in [0.15, 0.2) is 5.96 Å². The molecule has 0 saturated carbocycles. The van der Waals surface area contributed by atoms with Crippen LogP contribution in [0.2, 0.25) is 0 Å². The van der Waals surface area contributed by atoms with Crippen LogP contribution in [-0.2, 0) is 0 Å². The lowest BCUT2D eigenvalue weighted by atomic mass is 10.1. The third-order valence-corrected chi connectivity index (χ3v) is 3.60. The first kappa shape index (κ1) is 14.6. The fraction of sp³-hybridized carbons (Fsp3) is 0.917. The first-order chi connectivity index (χ1) is 8.36. The molecule has 2 N–H and O–H groups in total. The Morgan fingerprint density at radius 2 is 1.88 bits per heavy atom. The first-order valence-electron chi connectivity index (χ1n) is 6.52. The molecule has 4 nitrogen and oxygen atoms in total. The van der Waals surface area contributed by atoms with Crippen LogP contribution >= 0.6 is 11.8 Å². The largest absolute Gasteiger partial charge is 0.356 e. The summed E-state index contributed by atoms with van der Waals surface area (Å²) < 4.78 is 0. The molecule has 0 unspecified atom stereocenters. The normalized spacial score (nSPS) is 18.1. The molecule has 1 aliphatic heterocycles. The van der Waals surface area contributed by atoms with Crippen LogP contribution in [0.25, 0.3) is 0 Å². The van der Waals surface area contributed by atoms with Gasteiger partial charge in [-0.05, 0) is 32.2 Å². The number of piperidine rings is 1. The Labute approximate surface area is 110 Å². The van der Waals surface area contributed by atoms with E-state index in [1.807, 2.05) is 18.8 Å². The smallest absolute Gasteiger partial charge is 0.191 e. The minimum absolute atomic E-state index is 0.927. The highest BCUT2D eigenvalue weighted by Gasteiger charge is 2.09. The number of rotatable bonds is 6. The van der Waals surface area contributed by atoms with E-state index in [-0.39, 0.29) is 0 Å². The number of nitrogens with one attached hydrogen (secondary N) is 2. The van der Waals surface area contributed by atoms with Crippen molar-refractivity contribution >= 4 is 17.7 Å². The van der Waals surface area contributed by atoms with E-state index in [2.05, 4.69) is 26.8 Å². The Balaban J connectivity index is 2.06. The van der Waals surface area contributed by atoms with Crippen LogP contribution in [-0.4, -0.2) is 62.6 Å². The molecule has 17 heavy (non-hydrogen) atoms. The van der Waals surface area contributed by atoms with Crippen LogP contribution < -0.4 is 10.6 Å². The highest BCUT2D eigenvalue weighted by atomic mass is 32.2. The van der Waals surface area contributed by atoms with Crippen LogP contribution in [0.4, 0.5) is 0 Å². The molecule has 0 spiro atoms. The van der Waals surface area contributed by atoms with Gasteiger partial charge in [-0.3, -0.25) is 4.99 Å². The number of guanidine groups is 1. The third-order valence-electron chi connectivity index (χ3n) is 2.99. The summed E-state index contributed by atoms with van der Waals surface area (Å²) in [6.45, 7) is 5.62. The predicted molar refractivity (Wildman–Crippen MR) is 78.0 cm³/mol. The maximum Gasteiger partial charge on any atom is 0.191 e. The van der Waals surface area contributed by atoms with E-state index >= 15 is 0 Å². The number of likely N-dealkylation sites (tertiary alicyclic amines) is 1. The summed E-state index contributed by atoms with van der Waals surface area (Å²) in [5, 5.41) is 6.67. The standard InChI is InChI=1S/C12H26N4S/c1-13-12(15-7-11-17-2)14-6-10-16-8-4-3-5-9-16/h3-11H2,1-2H3,(H2,13,14,15). The molecule has 0 bridgehead atoms. The van der Waals surface area contributed by atoms with Gasteiger partial charge in [0, 0.05) is 32.4 Å². The van der Waals surface area contributed by atoms with Crippen LogP contribution in [0.15, 0.2) is 4.99 Å². The van der Waals surface area contributed by atoms with Gasteiger partial charge in [0.05, 0.1) is 0 Å².